The molecule has 0 atom stereocenters. The molecule has 0 spiro atoms. The van der Waals surface area contributed by atoms with Gasteiger partial charge in [-0.05, 0) is 29.8 Å². The fraction of sp³-hybridized carbons (Fsp3) is 0.263. The maximum absolute atomic E-state index is 12.1. The molecule has 2 aromatic rings. The van der Waals surface area contributed by atoms with Crippen LogP contribution in [0.5, 0.6) is 17.2 Å². The van der Waals surface area contributed by atoms with Crippen molar-refractivity contribution >= 4 is 29.5 Å². The predicted molar refractivity (Wildman–Crippen MR) is 103 cm³/mol. The minimum atomic E-state index is -0.562. The van der Waals surface area contributed by atoms with Gasteiger partial charge in [-0.3, -0.25) is 0 Å². The summed E-state index contributed by atoms with van der Waals surface area (Å²) in [6.07, 6.45) is 0. The SMILES string of the molecule is COc1cc(C2SCCS2)ccc1OC(=O)COc1ccccc1C#N. The highest BCUT2D eigenvalue weighted by Crippen LogP contribution is 2.46. The Morgan fingerprint density at radius 1 is 1.15 bits per heavy atom. The van der Waals surface area contributed by atoms with E-state index < -0.39 is 5.97 Å². The van der Waals surface area contributed by atoms with Crippen LogP contribution in [0.1, 0.15) is 15.7 Å². The number of carbonyl (C=O) groups excluding carboxylic acids is 1. The number of thioether (sulfide) groups is 2. The van der Waals surface area contributed by atoms with E-state index in [4.69, 9.17) is 19.5 Å². The van der Waals surface area contributed by atoms with E-state index in [2.05, 4.69) is 0 Å². The third-order valence-corrected chi connectivity index (χ3v) is 6.76. The Kier molecular flexibility index (Phi) is 6.31. The maximum Gasteiger partial charge on any atom is 0.349 e. The van der Waals surface area contributed by atoms with Crippen molar-refractivity contribution in [1.29, 1.82) is 5.26 Å². The van der Waals surface area contributed by atoms with Crippen LogP contribution in [-0.2, 0) is 4.79 Å². The van der Waals surface area contributed by atoms with Gasteiger partial charge in [0.2, 0.25) is 0 Å². The van der Waals surface area contributed by atoms with Crippen LogP contribution in [0.4, 0.5) is 0 Å². The van der Waals surface area contributed by atoms with Gasteiger partial charge in [-0.1, -0.05) is 18.2 Å². The number of benzene rings is 2. The van der Waals surface area contributed by atoms with Crippen molar-refractivity contribution in [2.24, 2.45) is 0 Å². The Bertz CT molecular complexity index is 829. The summed E-state index contributed by atoms with van der Waals surface area (Å²) in [5.74, 6) is 2.93. The number of nitriles is 1. The molecule has 0 unspecified atom stereocenters. The first-order valence-corrected chi connectivity index (χ1v) is 10.0. The van der Waals surface area contributed by atoms with Gasteiger partial charge in [-0.15, -0.1) is 23.5 Å². The number of esters is 1. The molecule has 1 aliphatic heterocycles. The fourth-order valence-electron chi connectivity index (χ4n) is 2.44. The minimum absolute atomic E-state index is 0.294. The molecule has 5 nitrogen and oxygen atoms in total. The number of hydrogen-bond donors (Lipinski definition) is 0. The maximum atomic E-state index is 12.1. The molecule has 1 heterocycles. The highest BCUT2D eigenvalue weighted by molar-refractivity contribution is 8.19. The van der Waals surface area contributed by atoms with Crippen LogP contribution in [0.25, 0.3) is 0 Å². The molecule has 1 aliphatic rings. The zero-order chi connectivity index (χ0) is 18.4. The first-order chi connectivity index (χ1) is 12.7. The highest BCUT2D eigenvalue weighted by atomic mass is 32.2. The molecule has 0 aliphatic carbocycles. The van der Waals surface area contributed by atoms with Gasteiger partial charge < -0.3 is 14.2 Å². The molecule has 0 saturated carbocycles. The standard InChI is InChI=1S/C19H17NO4S2/c1-22-17-10-13(19-25-8-9-26-19)6-7-16(17)24-18(21)12-23-15-5-3-2-4-14(15)11-20/h2-7,10,19H,8-9,12H2,1H3. The van der Waals surface area contributed by atoms with Gasteiger partial charge >= 0.3 is 5.97 Å². The lowest BCUT2D eigenvalue weighted by Gasteiger charge is -2.14. The van der Waals surface area contributed by atoms with E-state index in [-0.39, 0.29) is 6.61 Å². The third kappa shape index (κ3) is 4.45. The van der Waals surface area contributed by atoms with Crippen molar-refractivity contribution < 1.29 is 19.0 Å². The van der Waals surface area contributed by atoms with Gasteiger partial charge in [0.1, 0.15) is 11.8 Å². The second-order valence-corrected chi connectivity index (χ2v) is 8.08. The van der Waals surface area contributed by atoms with E-state index in [0.717, 1.165) is 17.1 Å². The van der Waals surface area contributed by atoms with Crippen LogP contribution in [-0.4, -0.2) is 31.2 Å². The monoisotopic (exact) mass is 387 g/mol. The third-order valence-electron chi connectivity index (χ3n) is 3.66. The van der Waals surface area contributed by atoms with Crippen molar-refractivity contribution in [3.8, 4) is 23.3 Å². The van der Waals surface area contributed by atoms with E-state index >= 15 is 0 Å². The quantitative estimate of drug-likeness (QED) is 0.547. The number of carbonyl (C=O) groups is 1. The Balaban J connectivity index is 1.64. The molecule has 0 radical (unpaired) electrons. The summed E-state index contributed by atoms with van der Waals surface area (Å²) in [5, 5.41) is 9.04. The van der Waals surface area contributed by atoms with Crippen molar-refractivity contribution in [2.45, 2.75) is 4.58 Å². The van der Waals surface area contributed by atoms with Crippen LogP contribution in [0.2, 0.25) is 0 Å². The summed E-state index contributed by atoms with van der Waals surface area (Å²) < 4.78 is 16.5. The Labute approximate surface area is 160 Å². The van der Waals surface area contributed by atoms with Gasteiger partial charge in [0, 0.05) is 11.5 Å². The van der Waals surface area contributed by atoms with E-state index in [9.17, 15) is 4.79 Å². The first-order valence-electron chi connectivity index (χ1n) is 7.95. The Morgan fingerprint density at radius 3 is 2.65 bits per heavy atom. The summed E-state index contributed by atoms with van der Waals surface area (Å²) in [6.45, 7) is -0.294. The average molecular weight is 387 g/mol. The Hall–Kier alpha value is -2.30. The molecule has 1 fully saturated rings. The van der Waals surface area contributed by atoms with Crippen LogP contribution in [0, 0.1) is 11.3 Å². The molecule has 0 bridgehead atoms. The largest absolute Gasteiger partial charge is 0.493 e. The summed E-state index contributed by atoms with van der Waals surface area (Å²) in [4.78, 5) is 12.1. The van der Waals surface area contributed by atoms with Crippen molar-refractivity contribution in [1.82, 2.24) is 0 Å². The summed E-state index contributed by atoms with van der Waals surface area (Å²) in [7, 11) is 1.55. The van der Waals surface area contributed by atoms with E-state index in [0.29, 0.717) is 27.4 Å². The zero-order valence-corrected chi connectivity index (χ0v) is 15.8. The molecule has 1 saturated heterocycles. The van der Waals surface area contributed by atoms with Crippen molar-refractivity contribution in [2.75, 3.05) is 25.2 Å². The average Bonchev–Trinajstić information content (AvgIpc) is 3.21. The number of methoxy groups -OCH3 is 1. The molecule has 0 amide bonds. The number of ether oxygens (including phenoxy) is 3. The summed E-state index contributed by atoms with van der Waals surface area (Å²) >= 11 is 3.79. The summed E-state index contributed by atoms with van der Waals surface area (Å²) in [6, 6.07) is 14.4. The summed E-state index contributed by atoms with van der Waals surface area (Å²) in [5.41, 5.74) is 1.52. The van der Waals surface area contributed by atoms with Gasteiger partial charge in [0.15, 0.2) is 18.1 Å². The van der Waals surface area contributed by atoms with Gasteiger partial charge in [-0.25, -0.2) is 4.79 Å². The van der Waals surface area contributed by atoms with E-state index in [1.54, 1.807) is 37.4 Å². The minimum Gasteiger partial charge on any atom is -0.493 e. The normalized spacial score (nSPS) is 13.8. The second-order valence-electron chi connectivity index (χ2n) is 5.35. The van der Waals surface area contributed by atoms with Crippen LogP contribution < -0.4 is 14.2 Å². The van der Waals surface area contributed by atoms with Gasteiger partial charge in [0.25, 0.3) is 0 Å². The smallest absolute Gasteiger partial charge is 0.349 e. The molecule has 26 heavy (non-hydrogen) atoms. The van der Waals surface area contributed by atoms with Crippen LogP contribution in [0.3, 0.4) is 0 Å². The first kappa shape index (κ1) is 18.5. The van der Waals surface area contributed by atoms with Crippen molar-refractivity contribution in [3.05, 3.63) is 53.6 Å². The molecule has 7 heteroatoms. The lowest BCUT2D eigenvalue weighted by atomic mass is 10.2. The molecule has 0 N–H and O–H groups in total. The lowest BCUT2D eigenvalue weighted by Crippen LogP contribution is -2.18. The molecule has 134 valence electrons. The molecular weight excluding hydrogens is 370 g/mol. The number of hydrogen-bond acceptors (Lipinski definition) is 7. The number of nitrogens with zero attached hydrogens (tertiary/aromatic N) is 1. The van der Waals surface area contributed by atoms with Crippen LogP contribution in [0.15, 0.2) is 42.5 Å². The van der Waals surface area contributed by atoms with E-state index in [1.165, 1.54) is 0 Å². The van der Waals surface area contributed by atoms with Crippen molar-refractivity contribution in [3.63, 3.8) is 0 Å². The molecule has 0 aromatic heterocycles. The molecular formula is C19H17NO4S2. The highest BCUT2D eigenvalue weighted by Gasteiger charge is 2.20. The number of para-hydroxylation sites is 1. The lowest BCUT2D eigenvalue weighted by molar-refractivity contribution is -0.136. The second kappa shape index (κ2) is 8.88. The zero-order valence-electron chi connectivity index (χ0n) is 14.1. The molecule has 3 rings (SSSR count). The van der Waals surface area contributed by atoms with Gasteiger partial charge in [-0.2, -0.15) is 5.26 Å². The Morgan fingerprint density at radius 2 is 1.92 bits per heavy atom. The topological polar surface area (TPSA) is 68.6 Å². The van der Waals surface area contributed by atoms with Crippen LogP contribution >= 0.6 is 23.5 Å². The fourth-order valence-corrected chi connectivity index (χ4v) is 5.28. The van der Waals surface area contributed by atoms with Gasteiger partial charge in [0.05, 0.1) is 17.3 Å². The molecule has 2 aromatic carbocycles. The predicted octanol–water partition coefficient (Wildman–Crippen LogP) is 4.03. The number of rotatable bonds is 6. The van der Waals surface area contributed by atoms with E-state index in [1.807, 2.05) is 41.7 Å².